The highest BCUT2D eigenvalue weighted by molar-refractivity contribution is 7.10. The molecule has 0 bridgehead atoms. The van der Waals surface area contributed by atoms with Crippen molar-refractivity contribution in [3.8, 4) is 0 Å². The molecule has 0 radical (unpaired) electrons. The van der Waals surface area contributed by atoms with Gasteiger partial charge in [0.05, 0.1) is 6.54 Å². The van der Waals surface area contributed by atoms with Crippen LogP contribution in [0.2, 0.25) is 0 Å². The molecule has 0 fully saturated rings. The van der Waals surface area contributed by atoms with E-state index in [1.807, 2.05) is 13.0 Å². The summed E-state index contributed by atoms with van der Waals surface area (Å²) < 4.78 is 13.1. The Labute approximate surface area is 135 Å². The second-order valence-corrected chi connectivity index (χ2v) is 6.20. The Kier molecular flexibility index (Phi) is 5.95. The van der Waals surface area contributed by atoms with Gasteiger partial charge in [0.15, 0.2) is 5.96 Å². The van der Waals surface area contributed by atoms with E-state index < -0.39 is 0 Å². The molecule has 0 unspecified atom stereocenters. The summed E-state index contributed by atoms with van der Waals surface area (Å²) in [5.41, 5.74) is 3.44. The maximum atomic E-state index is 13.1. The van der Waals surface area contributed by atoms with Crippen molar-refractivity contribution in [3.05, 3.63) is 57.0 Å². The summed E-state index contributed by atoms with van der Waals surface area (Å²) in [6, 6.07) is 7.05. The van der Waals surface area contributed by atoms with Gasteiger partial charge in [-0.1, -0.05) is 6.07 Å². The summed E-state index contributed by atoms with van der Waals surface area (Å²) in [7, 11) is 1.76. The Balaban J connectivity index is 1.80. The summed E-state index contributed by atoms with van der Waals surface area (Å²) in [5, 5.41) is 8.70. The Hall–Kier alpha value is -1.88. The van der Waals surface area contributed by atoms with Gasteiger partial charge in [-0.3, -0.25) is 4.99 Å². The molecule has 0 saturated heterocycles. The van der Waals surface area contributed by atoms with E-state index in [4.69, 9.17) is 0 Å². The quantitative estimate of drug-likeness (QED) is 0.654. The van der Waals surface area contributed by atoms with Crippen LogP contribution in [-0.2, 0) is 13.0 Å². The third kappa shape index (κ3) is 4.56. The number of nitrogens with one attached hydrogen (secondary N) is 2. The van der Waals surface area contributed by atoms with Crippen LogP contribution < -0.4 is 10.6 Å². The lowest BCUT2D eigenvalue weighted by molar-refractivity contribution is 0.625. The Bertz CT molecular complexity index is 649. The maximum Gasteiger partial charge on any atom is 0.191 e. The number of hydrogen-bond acceptors (Lipinski definition) is 2. The first-order valence-corrected chi connectivity index (χ1v) is 8.20. The molecule has 0 spiro atoms. The molecule has 1 aromatic carbocycles. The van der Waals surface area contributed by atoms with Gasteiger partial charge in [-0.2, -0.15) is 0 Å². The highest BCUT2D eigenvalue weighted by Gasteiger charge is 2.03. The van der Waals surface area contributed by atoms with E-state index in [1.165, 1.54) is 16.5 Å². The van der Waals surface area contributed by atoms with Gasteiger partial charge in [-0.15, -0.1) is 11.3 Å². The van der Waals surface area contributed by atoms with Crippen LogP contribution in [0.1, 0.15) is 21.6 Å². The summed E-state index contributed by atoms with van der Waals surface area (Å²) in [6.45, 7) is 5.58. The highest BCUT2D eigenvalue weighted by Crippen LogP contribution is 2.14. The SMILES string of the molecule is CN=C(NCCc1ccc(F)cc1C)NCc1sccc1C. The van der Waals surface area contributed by atoms with Crippen LogP contribution in [0, 0.1) is 19.7 Å². The van der Waals surface area contributed by atoms with Crippen LogP contribution >= 0.6 is 11.3 Å². The third-order valence-electron chi connectivity index (χ3n) is 3.60. The minimum Gasteiger partial charge on any atom is -0.356 e. The van der Waals surface area contributed by atoms with Gasteiger partial charge in [-0.05, 0) is 60.5 Å². The standard InChI is InChI=1S/C17H22FN3S/c1-12-7-9-22-16(12)11-21-17(19-3)20-8-6-14-4-5-15(18)10-13(14)2/h4-5,7,9-10H,6,8,11H2,1-3H3,(H2,19,20,21). The molecule has 0 amide bonds. The third-order valence-corrected chi connectivity index (χ3v) is 4.62. The average molecular weight is 319 g/mol. The molecule has 2 N–H and O–H groups in total. The number of rotatable bonds is 5. The van der Waals surface area contributed by atoms with E-state index in [0.29, 0.717) is 0 Å². The molecule has 0 aliphatic carbocycles. The van der Waals surface area contributed by atoms with Crippen LogP contribution in [0.15, 0.2) is 34.6 Å². The van der Waals surface area contributed by atoms with Gasteiger partial charge < -0.3 is 10.6 Å². The molecule has 2 aromatic rings. The minimum atomic E-state index is -0.182. The van der Waals surface area contributed by atoms with Crippen molar-refractivity contribution in [2.45, 2.75) is 26.8 Å². The van der Waals surface area contributed by atoms with E-state index in [0.717, 1.165) is 36.6 Å². The fourth-order valence-corrected chi connectivity index (χ4v) is 3.07. The molecule has 22 heavy (non-hydrogen) atoms. The topological polar surface area (TPSA) is 36.4 Å². The summed E-state index contributed by atoms with van der Waals surface area (Å²) >= 11 is 1.75. The van der Waals surface area contributed by atoms with Crippen LogP contribution in [0.25, 0.3) is 0 Å². The van der Waals surface area contributed by atoms with Crippen molar-refractivity contribution >= 4 is 17.3 Å². The van der Waals surface area contributed by atoms with Gasteiger partial charge in [0, 0.05) is 18.5 Å². The van der Waals surface area contributed by atoms with Gasteiger partial charge in [0.2, 0.25) is 0 Å². The Morgan fingerprint density at radius 1 is 1.18 bits per heavy atom. The zero-order chi connectivity index (χ0) is 15.9. The molecule has 2 rings (SSSR count). The zero-order valence-corrected chi connectivity index (χ0v) is 14.1. The molecule has 0 aliphatic rings. The van der Waals surface area contributed by atoms with Gasteiger partial charge >= 0.3 is 0 Å². The average Bonchev–Trinajstić information content (AvgIpc) is 2.90. The monoisotopic (exact) mass is 319 g/mol. The molecule has 1 aromatic heterocycles. The number of aliphatic imine (C=N–C) groups is 1. The molecule has 3 nitrogen and oxygen atoms in total. The molecule has 0 atom stereocenters. The lowest BCUT2D eigenvalue weighted by Gasteiger charge is -2.12. The predicted octanol–water partition coefficient (Wildman–Crippen LogP) is 3.41. The van der Waals surface area contributed by atoms with Crippen molar-refractivity contribution < 1.29 is 4.39 Å². The Morgan fingerprint density at radius 3 is 2.64 bits per heavy atom. The first kappa shape index (κ1) is 16.5. The first-order chi connectivity index (χ1) is 10.6. The molecule has 5 heteroatoms. The normalized spacial score (nSPS) is 11.5. The van der Waals surface area contributed by atoms with Crippen molar-refractivity contribution in [3.63, 3.8) is 0 Å². The molecule has 118 valence electrons. The minimum absolute atomic E-state index is 0.182. The highest BCUT2D eigenvalue weighted by atomic mass is 32.1. The number of halogens is 1. The van der Waals surface area contributed by atoms with Crippen molar-refractivity contribution in [1.82, 2.24) is 10.6 Å². The van der Waals surface area contributed by atoms with Crippen LogP contribution in [0.5, 0.6) is 0 Å². The second-order valence-electron chi connectivity index (χ2n) is 5.20. The molecule has 1 heterocycles. The molecular weight excluding hydrogens is 297 g/mol. The second kappa shape index (κ2) is 7.94. The molecule has 0 aliphatic heterocycles. The van der Waals surface area contributed by atoms with E-state index in [-0.39, 0.29) is 5.82 Å². The van der Waals surface area contributed by atoms with Crippen LogP contribution in [0.3, 0.4) is 0 Å². The number of hydrogen-bond donors (Lipinski definition) is 2. The van der Waals surface area contributed by atoms with E-state index in [9.17, 15) is 4.39 Å². The van der Waals surface area contributed by atoms with E-state index in [2.05, 4.69) is 34.0 Å². The van der Waals surface area contributed by atoms with E-state index >= 15 is 0 Å². The zero-order valence-electron chi connectivity index (χ0n) is 13.2. The summed E-state index contributed by atoms with van der Waals surface area (Å²) in [4.78, 5) is 5.54. The van der Waals surface area contributed by atoms with E-state index in [1.54, 1.807) is 24.5 Å². The number of guanidine groups is 1. The number of thiophene rings is 1. The fraction of sp³-hybridized carbons (Fsp3) is 0.353. The molecular formula is C17H22FN3S. The van der Waals surface area contributed by atoms with Crippen molar-refractivity contribution in [2.24, 2.45) is 4.99 Å². The van der Waals surface area contributed by atoms with Crippen molar-refractivity contribution in [1.29, 1.82) is 0 Å². The predicted molar refractivity (Wildman–Crippen MR) is 92.1 cm³/mol. The lowest BCUT2D eigenvalue weighted by atomic mass is 10.1. The number of benzene rings is 1. The van der Waals surface area contributed by atoms with Gasteiger partial charge in [0.1, 0.15) is 5.82 Å². The maximum absolute atomic E-state index is 13.1. The van der Waals surface area contributed by atoms with Crippen LogP contribution in [0.4, 0.5) is 4.39 Å². The first-order valence-electron chi connectivity index (χ1n) is 7.32. The summed E-state index contributed by atoms with van der Waals surface area (Å²) in [6.07, 6.45) is 0.838. The molecule has 0 saturated carbocycles. The van der Waals surface area contributed by atoms with Crippen LogP contribution in [-0.4, -0.2) is 19.6 Å². The smallest absolute Gasteiger partial charge is 0.191 e. The lowest BCUT2D eigenvalue weighted by Crippen LogP contribution is -2.37. The number of nitrogens with zero attached hydrogens (tertiary/aromatic N) is 1. The summed E-state index contributed by atoms with van der Waals surface area (Å²) in [5.74, 6) is 0.602. The largest absolute Gasteiger partial charge is 0.356 e. The number of aryl methyl sites for hydroxylation is 2. The van der Waals surface area contributed by atoms with Gasteiger partial charge in [0.25, 0.3) is 0 Å². The van der Waals surface area contributed by atoms with Gasteiger partial charge in [-0.25, -0.2) is 4.39 Å². The van der Waals surface area contributed by atoms with Crippen molar-refractivity contribution in [2.75, 3.05) is 13.6 Å². The fourth-order valence-electron chi connectivity index (χ4n) is 2.23. The Morgan fingerprint density at radius 2 is 2.00 bits per heavy atom.